The molecule has 2 aromatic carbocycles. The van der Waals surface area contributed by atoms with Crippen LogP contribution in [0.25, 0.3) is 11.4 Å². The zero-order valence-electron chi connectivity index (χ0n) is 14.6. The minimum absolute atomic E-state index is 0.121. The molecule has 1 aromatic heterocycles. The fourth-order valence-corrected chi connectivity index (χ4v) is 3.40. The number of halogens is 1. The van der Waals surface area contributed by atoms with Crippen LogP contribution in [0.4, 0.5) is 5.69 Å². The van der Waals surface area contributed by atoms with Crippen LogP contribution >= 0.6 is 11.6 Å². The van der Waals surface area contributed by atoms with Crippen molar-refractivity contribution in [3.8, 4) is 11.4 Å². The van der Waals surface area contributed by atoms with Gasteiger partial charge in [0.15, 0.2) is 0 Å². The lowest BCUT2D eigenvalue weighted by atomic mass is 10.1. The largest absolute Gasteiger partial charge is 0.337 e. The van der Waals surface area contributed by atoms with Gasteiger partial charge in [0.2, 0.25) is 11.7 Å². The highest BCUT2D eigenvalue weighted by molar-refractivity contribution is 6.30. The van der Waals surface area contributed by atoms with Crippen molar-refractivity contribution in [3.05, 3.63) is 75.1 Å². The van der Waals surface area contributed by atoms with Gasteiger partial charge in [-0.05, 0) is 43.2 Å². The number of likely N-dealkylation sites (tertiary alicyclic amines) is 1. The third-order valence-corrected chi connectivity index (χ3v) is 4.90. The minimum Gasteiger partial charge on any atom is -0.337 e. The van der Waals surface area contributed by atoms with Gasteiger partial charge in [0.25, 0.3) is 11.6 Å². The molecule has 1 atom stereocenters. The van der Waals surface area contributed by atoms with E-state index < -0.39 is 4.92 Å². The molecular weight excluding hydrogens is 384 g/mol. The number of nitrogens with zero attached hydrogens (tertiary/aromatic N) is 4. The molecule has 0 spiro atoms. The van der Waals surface area contributed by atoms with E-state index in [-0.39, 0.29) is 23.2 Å². The predicted octanol–water partition coefficient (Wildman–Crippen LogP) is 4.28. The highest BCUT2D eigenvalue weighted by atomic mass is 35.5. The molecule has 0 bridgehead atoms. The van der Waals surface area contributed by atoms with E-state index in [1.54, 1.807) is 35.2 Å². The van der Waals surface area contributed by atoms with Crippen molar-refractivity contribution < 1.29 is 14.2 Å². The summed E-state index contributed by atoms with van der Waals surface area (Å²) >= 11 is 5.90. The summed E-state index contributed by atoms with van der Waals surface area (Å²) in [4.78, 5) is 29.4. The Kier molecular flexibility index (Phi) is 4.79. The molecule has 3 aromatic rings. The maximum Gasteiger partial charge on any atom is 0.270 e. The van der Waals surface area contributed by atoms with Gasteiger partial charge in [0.1, 0.15) is 6.04 Å². The van der Waals surface area contributed by atoms with E-state index in [2.05, 4.69) is 10.1 Å². The summed E-state index contributed by atoms with van der Waals surface area (Å²) in [6.07, 6.45) is 1.47. The Morgan fingerprint density at radius 1 is 1.25 bits per heavy atom. The number of rotatable bonds is 4. The van der Waals surface area contributed by atoms with Crippen LogP contribution in [0.3, 0.4) is 0 Å². The monoisotopic (exact) mass is 398 g/mol. The van der Waals surface area contributed by atoms with Crippen molar-refractivity contribution >= 4 is 23.2 Å². The van der Waals surface area contributed by atoms with E-state index in [0.29, 0.717) is 29.7 Å². The number of carbonyl (C=O) groups excluding carboxylic acids is 1. The fraction of sp³-hybridized carbons (Fsp3) is 0.211. The molecular formula is C19H15ClN4O4. The first-order valence-corrected chi connectivity index (χ1v) is 9.06. The average Bonchev–Trinajstić information content (AvgIpc) is 3.37. The quantitative estimate of drug-likeness (QED) is 0.480. The third-order valence-electron chi connectivity index (χ3n) is 4.65. The van der Waals surface area contributed by atoms with Gasteiger partial charge in [0, 0.05) is 34.8 Å². The van der Waals surface area contributed by atoms with Gasteiger partial charge in [-0.3, -0.25) is 14.9 Å². The average molecular weight is 399 g/mol. The number of amides is 1. The van der Waals surface area contributed by atoms with Crippen LogP contribution in [0.5, 0.6) is 0 Å². The Morgan fingerprint density at radius 2 is 2.04 bits per heavy atom. The summed E-state index contributed by atoms with van der Waals surface area (Å²) in [6.45, 7) is 0.519. The van der Waals surface area contributed by atoms with Crippen molar-refractivity contribution in [2.24, 2.45) is 0 Å². The van der Waals surface area contributed by atoms with Crippen LogP contribution in [-0.4, -0.2) is 32.4 Å². The molecule has 142 valence electrons. The second-order valence-corrected chi connectivity index (χ2v) is 6.86. The summed E-state index contributed by atoms with van der Waals surface area (Å²) in [5.74, 6) is 0.472. The molecule has 0 radical (unpaired) electrons. The molecule has 2 heterocycles. The highest BCUT2D eigenvalue weighted by Crippen LogP contribution is 2.33. The van der Waals surface area contributed by atoms with Crippen molar-refractivity contribution in [1.82, 2.24) is 15.0 Å². The summed E-state index contributed by atoms with van der Waals surface area (Å²) < 4.78 is 5.42. The fourth-order valence-electron chi connectivity index (χ4n) is 3.27. The molecule has 0 N–H and O–H groups in total. The van der Waals surface area contributed by atoms with Crippen molar-refractivity contribution in [1.29, 1.82) is 0 Å². The SMILES string of the molecule is O=C(c1cccc([N+](=O)[O-])c1)N1CCCC1c1nc(-c2ccc(Cl)cc2)no1. The summed E-state index contributed by atoms with van der Waals surface area (Å²) in [5, 5.41) is 15.6. The second kappa shape index (κ2) is 7.40. The number of benzene rings is 2. The van der Waals surface area contributed by atoms with Gasteiger partial charge < -0.3 is 9.42 Å². The van der Waals surface area contributed by atoms with Gasteiger partial charge in [-0.25, -0.2) is 0 Å². The van der Waals surface area contributed by atoms with E-state index in [1.807, 2.05) is 0 Å². The number of hydrogen-bond acceptors (Lipinski definition) is 6. The topological polar surface area (TPSA) is 102 Å². The Hall–Kier alpha value is -3.26. The molecule has 28 heavy (non-hydrogen) atoms. The highest BCUT2D eigenvalue weighted by Gasteiger charge is 2.35. The van der Waals surface area contributed by atoms with Crippen LogP contribution in [0.1, 0.15) is 35.1 Å². The Bertz CT molecular complexity index is 1030. The minimum atomic E-state index is -0.519. The Labute approximate surface area is 164 Å². The van der Waals surface area contributed by atoms with E-state index >= 15 is 0 Å². The molecule has 1 unspecified atom stereocenters. The van der Waals surface area contributed by atoms with Crippen molar-refractivity contribution in [3.63, 3.8) is 0 Å². The molecule has 1 aliphatic rings. The maximum absolute atomic E-state index is 12.9. The number of carbonyl (C=O) groups is 1. The summed E-state index contributed by atoms with van der Waals surface area (Å²) in [5.41, 5.74) is 0.900. The normalized spacial score (nSPS) is 16.3. The molecule has 1 saturated heterocycles. The standard InChI is InChI=1S/C19H15ClN4O4/c20-14-8-6-12(7-9-14)17-21-18(28-22-17)16-5-2-10-23(16)19(25)13-3-1-4-15(11-13)24(26)27/h1,3-4,6-9,11,16H,2,5,10H2. The van der Waals surface area contributed by atoms with Crippen LogP contribution in [0, 0.1) is 10.1 Å². The third kappa shape index (κ3) is 3.46. The number of nitro groups is 1. The van der Waals surface area contributed by atoms with E-state index in [0.717, 1.165) is 12.0 Å². The first kappa shape index (κ1) is 18.1. The first-order valence-electron chi connectivity index (χ1n) is 8.68. The number of aromatic nitrogens is 2. The molecule has 0 aliphatic carbocycles. The number of non-ortho nitro benzene ring substituents is 1. The summed E-state index contributed by atoms with van der Waals surface area (Å²) in [6, 6.07) is 12.4. The van der Waals surface area contributed by atoms with Crippen LogP contribution in [0.2, 0.25) is 5.02 Å². The van der Waals surface area contributed by atoms with Gasteiger partial charge in [0.05, 0.1) is 4.92 Å². The van der Waals surface area contributed by atoms with Gasteiger partial charge in [-0.2, -0.15) is 4.98 Å². The van der Waals surface area contributed by atoms with Crippen molar-refractivity contribution in [2.45, 2.75) is 18.9 Å². The smallest absolute Gasteiger partial charge is 0.270 e. The zero-order chi connectivity index (χ0) is 19.7. The predicted molar refractivity (Wildman–Crippen MR) is 101 cm³/mol. The zero-order valence-corrected chi connectivity index (χ0v) is 15.4. The van der Waals surface area contributed by atoms with E-state index in [9.17, 15) is 14.9 Å². The number of hydrogen-bond donors (Lipinski definition) is 0. The molecule has 1 fully saturated rings. The molecule has 1 aliphatic heterocycles. The lowest BCUT2D eigenvalue weighted by molar-refractivity contribution is -0.384. The lowest BCUT2D eigenvalue weighted by Crippen LogP contribution is -2.30. The molecule has 4 rings (SSSR count). The van der Waals surface area contributed by atoms with Gasteiger partial charge >= 0.3 is 0 Å². The molecule has 9 heteroatoms. The van der Waals surface area contributed by atoms with Crippen LogP contribution < -0.4 is 0 Å². The van der Waals surface area contributed by atoms with Gasteiger partial charge in [-0.15, -0.1) is 0 Å². The Balaban J connectivity index is 1.59. The summed E-state index contributed by atoms with van der Waals surface area (Å²) in [7, 11) is 0. The second-order valence-electron chi connectivity index (χ2n) is 6.43. The molecule has 0 saturated carbocycles. The lowest BCUT2D eigenvalue weighted by Gasteiger charge is -2.21. The van der Waals surface area contributed by atoms with Crippen molar-refractivity contribution in [2.75, 3.05) is 6.54 Å². The van der Waals surface area contributed by atoms with E-state index in [1.165, 1.54) is 18.2 Å². The van der Waals surface area contributed by atoms with Crippen LogP contribution in [0.15, 0.2) is 53.1 Å². The molecule has 1 amide bonds. The first-order chi connectivity index (χ1) is 13.5. The maximum atomic E-state index is 12.9. The number of nitro benzene ring substituents is 1. The van der Waals surface area contributed by atoms with Crippen LogP contribution in [-0.2, 0) is 0 Å². The van der Waals surface area contributed by atoms with Gasteiger partial charge in [-0.1, -0.05) is 22.8 Å². The Morgan fingerprint density at radius 3 is 2.79 bits per heavy atom. The van der Waals surface area contributed by atoms with E-state index in [4.69, 9.17) is 16.1 Å². The molecule has 8 nitrogen and oxygen atoms in total.